The molecule has 0 spiro atoms. The van der Waals surface area contributed by atoms with Crippen LogP contribution in [0, 0.1) is 11.8 Å². The Bertz CT molecular complexity index is 2240. The van der Waals surface area contributed by atoms with Gasteiger partial charge in [0, 0.05) is 15.2 Å². The van der Waals surface area contributed by atoms with Crippen LogP contribution in [0.25, 0.3) is 19.5 Å². The van der Waals surface area contributed by atoms with Crippen LogP contribution in [0.4, 0.5) is 0 Å². The summed E-state index contributed by atoms with van der Waals surface area (Å²) in [7, 11) is 6.89. The second-order valence-corrected chi connectivity index (χ2v) is 78.2. The third kappa shape index (κ3) is 24.1. The monoisotopic (exact) mass is 1650 g/mol. The molecule has 0 bridgehead atoms. The van der Waals surface area contributed by atoms with Gasteiger partial charge in [0.05, 0.1) is 0 Å². The van der Waals surface area contributed by atoms with Crippen LogP contribution in [-0.4, -0.2) is 54.0 Å². The number of thiophene rings is 4. The molecule has 0 saturated carbocycles. The Labute approximate surface area is 594 Å². The molecule has 2 atom stereocenters. The molecule has 518 valence electrons. The van der Waals surface area contributed by atoms with E-state index in [1.165, 1.54) is 257 Å². The summed E-state index contributed by atoms with van der Waals surface area (Å²) in [6, 6.07) is 10.9. The van der Waals surface area contributed by atoms with Gasteiger partial charge in [-0.05, 0) is 52.8 Å². The van der Waals surface area contributed by atoms with Crippen LogP contribution in [0.1, 0.15) is 370 Å². The number of rotatable bonds is 51. The summed E-state index contributed by atoms with van der Waals surface area (Å²) in [5.41, 5.74) is 7.68. The van der Waals surface area contributed by atoms with Gasteiger partial charge in [0.2, 0.25) is 0 Å². The Morgan fingerprint density at radius 2 is 0.622 bits per heavy atom. The van der Waals surface area contributed by atoms with Crippen LogP contribution in [0.3, 0.4) is 0 Å². The van der Waals surface area contributed by atoms with E-state index in [2.05, 4.69) is 162 Å². The van der Waals surface area contributed by atoms with E-state index in [9.17, 15) is 0 Å². The molecule has 0 N–H and O–H groups in total. The first-order valence-electron chi connectivity index (χ1n) is 39.9. The summed E-state index contributed by atoms with van der Waals surface area (Å²) in [5, 5.41) is 4.67. The normalized spacial score (nSPS) is 14.6. The van der Waals surface area contributed by atoms with Crippen LogP contribution < -0.4 is 5.79 Å². The van der Waals surface area contributed by atoms with Crippen molar-refractivity contribution in [3.63, 3.8) is 0 Å². The molecule has 0 fully saturated rings. The van der Waals surface area contributed by atoms with Gasteiger partial charge in [0.25, 0.3) is 0 Å². The molecular formula is C82H147ClS4Sn3. The van der Waals surface area contributed by atoms with Crippen LogP contribution in [0.15, 0.2) is 35.0 Å². The SMILES string of the molecule is CCCCCCC1(CC(CC)CCCC)c2c[c]([Sn]([CH2]CCC)([CH2]CCC)[CH2]CCC)sc2-c2s[c]([Sn]([CH2]CCC)([CH2]CCC)[CH2]CCC)cc21.CCCCCCC1(CC(CC)CCCC)c2ccsc2-c2sccc21.CCC[CH2][Sn]([Cl])([CH2]CCC)[CH2]CCC. The van der Waals surface area contributed by atoms with Gasteiger partial charge in [0.1, 0.15) is 0 Å². The van der Waals surface area contributed by atoms with Crippen LogP contribution in [0.5, 0.6) is 0 Å². The third-order valence-corrected chi connectivity index (χ3v) is 77.9. The van der Waals surface area contributed by atoms with E-state index in [1.54, 1.807) is 47.5 Å². The van der Waals surface area contributed by atoms with Gasteiger partial charge in [-0.2, -0.15) is 0 Å². The Hall–Kier alpha value is 1.49. The summed E-state index contributed by atoms with van der Waals surface area (Å²) in [5.74, 6) is 1.72. The molecule has 6 rings (SSSR count). The van der Waals surface area contributed by atoms with Gasteiger partial charge < -0.3 is 0 Å². The molecule has 0 nitrogen and oxygen atoms in total. The second kappa shape index (κ2) is 46.8. The Morgan fingerprint density at radius 1 is 0.333 bits per heavy atom. The second-order valence-electron chi connectivity index (χ2n) is 29.7. The number of hydrogen-bond acceptors (Lipinski definition) is 4. The number of fused-ring (bicyclic) bond motifs is 6. The van der Waals surface area contributed by atoms with E-state index in [0.29, 0.717) is 5.41 Å². The number of halogens is 1. The van der Waals surface area contributed by atoms with Gasteiger partial charge in [-0.3, -0.25) is 0 Å². The zero-order valence-corrected chi connectivity index (χ0v) is 74.9. The molecule has 2 aliphatic carbocycles. The van der Waals surface area contributed by atoms with E-state index in [0.717, 1.165) is 11.8 Å². The first-order valence-corrected chi connectivity index (χ1v) is 68.0. The average Bonchev–Trinajstić information content (AvgIpc) is 1.57. The predicted octanol–water partition coefficient (Wildman–Crippen LogP) is 31.0. The molecule has 0 aliphatic heterocycles. The van der Waals surface area contributed by atoms with Crippen molar-refractivity contribution in [3.8, 4) is 19.5 Å². The Morgan fingerprint density at radius 3 is 0.911 bits per heavy atom. The summed E-state index contributed by atoms with van der Waals surface area (Å²) in [4.78, 5) is 6.82. The van der Waals surface area contributed by atoms with Crippen molar-refractivity contribution >= 4 is 114 Å². The maximum atomic E-state index is 6.89. The van der Waals surface area contributed by atoms with Crippen molar-refractivity contribution in [2.45, 2.75) is 399 Å². The fourth-order valence-electron chi connectivity index (χ4n) is 16.6. The zero-order valence-electron chi connectivity index (χ0n) is 62.4. The minimum absolute atomic E-state index is 0.270. The Kier molecular flexibility index (Phi) is 43.6. The predicted molar refractivity (Wildman–Crippen MR) is 430 cm³/mol. The first kappa shape index (κ1) is 83.9. The summed E-state index contributed by atoms with van der Waals surface area (Å²) in [6.07, 6.45) is 52.8. The van der Waals surface area contributed by atoms with Crippen molar-refractivity contribution in [2.24, 2.45) is 11.8 Å². The Balaban J connectivity index is 0.000000362. The zero-order chi connectivity index (χ0) is 65.7. The quantitative estimate of drug-likeness (QED) is 0.0305. The first-order chi connectivity index (χ1) is 43.8. The molecular weight excluding hydrogens is 1500 g/mol. The summed E-state index contributed by atoms with van der Waals surface area (Å²) < 4.78 is 17.9. The van der Waals surface area contributed by atoms with E-state index in [1.807, 2.05) is 49.3 Å². The molecule has 2 aliphatic rings. The van der Waals surface area contributed by atoms with Gasteiger partial charge in [-0.1, -0.05) is 72.1 Å². The fourth-order valence-corrected chi connectivity index (χ4v) is 72.9. The summed E-state index contributed by atoms with van der Waals surface area (Å²) >= 11 is 1.56. The third-order valence-electron chi connectivity index (χ3n) is 22.6. The molecule has 2 unspecified atom stereocenters. The molecule has 4 aromatic heterocycles. The van der Waals surface area contributed by atoms with Crippen LogP contribution in [-0.2, 0) is 10.8 Å². The van der Waals surface area contributed by atoms with Crippen molar-refractivity contribution in [1.29, 1.82) is 0 Å². The number of hydrogen-bond donors (Lipinski definition) is 0. The van der Waals surface area contributed by atoms with Crippen molar-refractivity contribution in [1.82, 2.24) is 0 Å². The fraction of sp³-hybridized carbons (Fsp3) is 0.805. The number of unbranched alkanes of at least 4 members (excludes halogenated alkanes) is 17. The van der Waals surface area contributed by atoms with E-state index < -0.39 is 54.0 Å². The summed E-state index contributed by atoms with van der Waals surface area (Å²) in [6.45, 7) is 36.0. The molecule has 0 saturated heterocycles. The van der Waals surface area contributed by atoms with E-state index >= 15 is 0 Å². The van der Waals surface area contributed by atoms with Crippen LogP contribution in [0.2, 0.25) is 39.9 Å². The van der Waals surface area contributed by atoms with Crippen LogP contribution >= 0.6 is 54.3 Å². The van der Waals surface area contributed by atoms with Gasteiger partial charge in [0.15, 0.2) is 0 Å². The van der Waals surface area contributed by atoms with E-state index in [-0.39, 0.29) is 5.41 Å². The molecule has 0 aromatic carbocycles. The standard InChI is InChI=1S/C23H34S2.C23H32S2.9C4H9.ClH.3Sn/c2*1-4-7-9-10-14-23(17-18(6-3)11-8-5-2)19-12-15-24-21(19)22-20(23)13-16-25-22;9*1-3-4-2;;;;/h12-13,15-16,18H,4-11,14,17H2,1-3H3;12-13,18H,4-11,14,17H2,1-3H3;9*1,3-4H2,2H3;1H;;;/q;;;;;;;;;;;;;;+1/p-1. The molecule has 4 aromatic rings. The van der Waals surface area contributed by atoms with Gasteiger partial charge in [-0.15, -0.1) is 22.7 Å². The molecule has 0 radical (unpaired) electrons. The topological polar surface area (TPSA) is 0 Å². The van der Waals surface area contributed by atoms with Crippen molar-refractivity contribution in [2.75, 3.05) is 0 Å². The van der Waals surface area contributed by atoms with Crippen molar-refractivity contribution in [3.05, 3.63) is 57.3 Å². The maximum absolute atomic E-state index is 6.89. The van der Waals surface area contributed by atoms with Crippen molar-refractivity contribution < 1.29 is 0 Å². The minimum atomic E-state index is -2.57. The molecule has 8 heteroatoms. The van der Waals surface area contributed by atoms with Gasteiger partial charge in [-0.25, -0.2) is 0 Å². The molecule has 90 heavy (non-hydrogen) atoms. The molecule has 4 heterocycles. The molecule has 0 amide bonds. The average molecular weight is 1650 g/mol. The van der Waals surface area contributed by atoms with E-state index in [4.69, 9.17) is 8.92 Å². The van der Waals surface area contributed by atoms with Gasteiger partial charge >= 0.3 is 439 Å².